The summed E-state index contributed by atoms with van der Waals surface area (Å²) in [4.78, 5) is 22.5. The van der Waals surface area contributed by atoms with Crippen LogP contribution in [-0.4, -0.2) is 41.9 Å². The van der Waals surface area contributed by atoms with E-state index >= 15 is 0 Å². The Morgan fingerprint density at radius 3 is 2.20 bits per heavy atom. The van der Waals surface area contributed by atoms with Gasteiger partial charge in [0.05, 0.1) is 0 Å². The first-order valence-electron chi connectivity index (χ1n) is 7.43. The average molecular weight is 363 g/mol. The molecule has 1 rings (SSSR count). The number of hydrogen-bond acceptors (Lipinski definition) is 4. The molecule has 1 aromatic rings. The Morgan fingerprint density at radius 1 is 1.12 bits per heavy atom. The topological polar surface area (TPSA) is 84.9 Å². The van der Waals surface area contributed by atoms with E-state index in [0.717, 1.165) is 0 Å². The molecular weight excluding hydrogens is 343 g/mol. The molecule has 9 heteroatoms. The third kappa shape index (κ3) is 8.83. The second kappa shape index (κ2) is 8.59. The number of rotatable bonds is 9. The van der Waals surface area contributed by atoms with E-state index in [4.69, 9.17) is 9.84 Å². The number of nitrogens with one attached hydrogen (secondary N) is 1. The molecule has 6 nitrogen and oxygen atoms in total. The fourth-order valence-corrected chi connectivity index (χ4v) is 1.89. The van der Waals surface area contributed by atoms with Crippen molar-refractivity contribution >= 4 is 11.9 Å². The zero-order valence-corrected chi connectivity index (χ0v) is 13.9. The van der Waals surface area contributed by atoms with Gasteiger partial charge in [0.1, 0.15) is 0 Å². The van der Waals surface area contributed by atoms with Crippen LogP contribution in [0.4, 0.5) is 13.2 Å². The van der Waals surface area contributed by atoms with Crippen molar-refractivity contribution in [1.29, 1.82) is 0 Å². The monoisotopic (exact) mass is 363 g/mol. The van der Waals surface area contributed by atoms with E-state index in [1.807, 2.05) is 0 Å². The minimum absolute atomic E-state index is 0.00485. The highest BCUT2D eigenvalue weighted by molar-refractivity contribution is 5.78. The molecule has 0 unspecified atom stereocenters. The third-order valence-corrected chi connectivity index (χ3v) is 3.04. The van der Waals surface area contributed by atoms with Gasteiger partial charge in [0, 0.05) is 12.0 Å². The number of alkyl halides is 3. The fourth-order valence-electron chi connectivity index (χ4n) is 1.89. The van der Waals surface area contributed by atoms with Crippen LogP contribution in [0.15, 0.2) is 24.3 Å². The van der Waals surface area contributed by atoms with Crippen LogP contribution in [-0.2, 0) is 9.59 Å². The summed E-state index contributed by atoms with van der Waals surface area (Å²) < 4.78 is 46.6. The summed E-state index contributed by atoms with van der Waals surface area (Å²) >= 11 is 0. The molecule has 0 heterocycles. The van der Waals surface area contributed by atoms with Crippen molar-refractivity contribution in [2.24, 2.45) is 0 Å². The highest BCUT2D eigenvalue weighted by Gasteiger charge is 2.29. The van der Waals surface area contributed by atoms with E-state index in [9.17, 15) is 22.8 Å². The van der Waals surface area contributed by atoms with Crippen LogP contribution in [0.1, 0.15) is 26.7 Å². The fraction of sp³-hybridized carbons (Fsp3) is 0.500. The Labute approximate surface area is 142 Å². The molecule has 0 bridgehead atoms. The van der Waals surface area contributed by atoms with Crippen molar-refractivity contribution in [3.8, 4) is 11.5 Å². The van der Waals surface area contributed by atoms with Gasteiger partial charge in [-0.25, -0.2) is 0 Å². The minimum atomic E-state index is -4.49. The van der Waals surface area contributed by atoms with Crippen molar-refractivity contribution in [2.45, 2.75) is 38.4 Å². The number of para-hydroxylation sites is 2. The van der Waals surface area contributed by atoms with E-state index in [1.165, 1.54) is 24.3 Å². The highest BCUT2D eigenvalue weighted by Crippen LogP contribution is 2.28. The largest absolute Gasteiger partial charge is 0.481 e. The van der Waals surface area contributed by atoms with Gasteiger partial charge in [-0.2, -0.15) is 13.2 Å². The number of aliphatic carboxylic acids is 1. The highest BCUT2D eigenvalue weighted by atomic mass is 19.4. The van der Waals surface area contributed by atoms with Gasteiger partial charge in [-0.05, 0) is 32.4 Å². The summed E-state index contributed by atoms with van der Waals surface area (Å²) in [7, 11) is 0. The quantitative estimate of drug-likeness (QED) is 0.705. The maximum Gasteiger partial charge on any atom is 0.422 e. The van der Waals surface area contributed by atoms with Crippen LogP contribution < -0.4 is 14.8 Å². The maximum absolute atomic E-state index is 12.2. The molecular formula is C16H20F3NO5. The molecule has 0 saturated carbocycles. The number of benzene rings is 1. The number of ether oxygens (including phenoxy) is 2. The molecule has 0 aliphatic carbocycles. The molecule has 0 fully saturated rings. The molecule has 0 radical (unpaired) electrons. The minimum Gasteiger partial charge on any atom is -0.481 e. The SMILES string of the molecule is CC(C)(CCC(=O)O)NC(=O)COc1ccccc1OCC(F)(F)F. The van der Waals surface area contributed by atoms with Gasteiger partial charge >= 0.3 is 12.1 Å². The molecule has 0 saturated heterocycles. The van der Waals surface area contributed by atoms with Gasteiger partial charge < -0.3 is 19.9 Å². The first-order chi connectivity index (χ1) is 11.5. The Balaban J connectivity index is 2.57. The van der Waals surface area contributed by atoms with Crippen molar-refractivity contribution in [3.05, 3.63) is 24.3 Å². The summed E-state index contributed by atoms with van der Waals surface area (Å²) in [5, 5.41) is 11.3. The Kier molecular flexibility index (Phi) is 7.08. The van der Waals surface area contributed by atoms with Crippen LogP contribution in [0, 0.1) is 0 Å². The number of halogens is 3. The summed E-state index contributed by atoms with van der Waals surface area (Å²) in [5.74, 6) is -1.63. The smallest absolute Gasteiger partial charge is 0.422 e. The van der Waals surface area contributed by atoms with Gasteiger partial charge in [0.25, 0.3) is 5.91 Å². The summed E-state index contributed by atoms with van der Waals surface area (Å²) in [5.41, 5.74) is -0.759. The lowest BCUT2D eigenvalue weighted by molar-refractivity contribution is -0.153. The molecule has 25 heavy (non-hydrogen) atoms. The Bertz CT molecular complexity index is 602. The predicted octanol–water partition coefficient (Wildman–Crippen LogP) is 2.77. The molecule has 1 aromatic carbocycles. The number of carboxylic acids is 1. The average Bonchev–Trinajstić information content (AvgIpc) is 2.48. The van der Waals surface area contributed by atoms with Gasteiger partial charge in [-0.15, -0.1) is 0 Å². The van der Waals surface area contributed by atoms with Crippen molar-refractivity contribution in [3.63, 3.8) is 0 Å². The predicted molar refractivity (Wildman–Crippen MR) is 82.6 cm³/mol. The van der Waals surface area contributed by atoms with Crippen LogP contribution in [0.3, 0.4) is 0 Å². The summed E-state index contributed by atoms with van der Waals surface area (Å²) in [6.07, 6.45) is -4.37. The first kappa shape index (κ1) is 20.6. The second-order valence-electron chi connectivity index (χ2n) is 5.97. The summed E-state index contributed by atoms with van der Waals surface area (Å²) in [6, 6.07) is 5.70. The van der Waals surface area contributed by atoms with Crippen molar-refractivity contribution in [2.75, 3.05) is 13.2 Å². The number of carboxylic acid groups (broad SMARTS) is 1. The zero-order valence-electron chi connectivity index (χ0n) is 13.9. The standard InChI is InChI=1S/C16H20F3NO5/c1-15(2,8-7-14(22)23)20-13(21)9-24-11-5-3-4-6-12(11)25-10-16(17,18)19/h3-6H,7-10H2,1-2H3,(H,20,21)(H,22,23). The molecule has 0 atom stereocenters. The lowest BCUT2D eigenvalue weighted by atomic mass is 9.98. The van der Waals surface area contributed by atoms with E-state index in [0.29, 0.717) is 0 Å². The van der Waals surface area contributed by atoms with Gasteiger partial charge in [-0.1, -0.05) is 12.1 Å². The number of hydrogen-bond donors (Lipinski definition) is 2. The molecule has 2 N–H and O–H groups in total. The normalized spacial score (nSPS) is 11.7. The molecule has 0 aliphatic heterocycles. The molecule has 0 spiro atoms. The molecule has 0 aliphatic rings. The van der Waals surface area contributed by atoms with Crippen molar-refractivity contribution in [1.82, 2.24) is 5.32 Å². The van der Waals surface area contributed by atoms with E-state index in [1.54, 1.807) is 13.8 Å². The van der Waals surface area contributed by atoms with E-state index in [2.05, 4.69) is 10.1 Å². The Morgan fingerprint density at radius 2 is 1.68 bits per heavy atom. The second-order valence-corrected chi connectivity index (χ2v) is 5.97. The number of carbonyl (C=O) groups is 2. The third-order valence-electron chi connectivity index (χ3n) is 3.04. The van der Waals surface area contributed by atoms with Crippen LogP contribution >= 0.6 is 0 Å². The Hall–Kier alpha value is -2.45. The van der Waals surface area contributed by atoms with Gasteiger partial charge in [0.15, 0.2) is 24.7 Å². The molecule has 0 aromatic heterocycles. The first-order valence-corrected chi connectivity index (χ1v) is 7.43. The van der Waals surface area contributed by atoms with Crippen LogP contribution in [0.2, 0.25) is 0 Å². The van der Waals surface area contributed by atoms with E-state index < -0.39 is 36.8 Å². The zero-order chi connectivity index (χ0) is 19.1. The van der Waals surface area contributed by atoms with Gasteiger partial charge in [-0.3, -0.25) is 9.59 Å². The maximum atomic E-state index is 12.2. The van der Waals surface area contributed by atoms with Gasteiger partial charge in [0.2, 0.25) is 0 Å². The van der Waals surface area contributed by atoms with Crippen molar-refractivity contribution < 1.29 is 37.3 Å². The summed E-state index contributed by atoms with van der Waals surface area (Å²) in [6.45, 7) is 1.41. The van der Waals surface area contributed by atoms with E-state index in [-0.39, 0.29) is 24.3 Å². The molecule has 140 valence electrons. The number of amides is 1. The lowest BCUT2D eigenvalue weighted by Gasteiger charge is -2.25. The van der Waals surface area contributed by atoms with Crippen LogP contribution in [0.5, 0.6) is 11.5 Å². The lowest BCUT2D eigenvalue weighted by Crippen LogP contribution is -2.45. The molecule has 1 amide bonds. The van der Waals surface area contributed by atoms with Crippen LogP contribution in [0.25, 0.3) is 0 Å². The number of carbonyl (C=O) groups excluding carboxylic acids is 1.